The summed E-state index contributed by atoms with van der Waals surface area (Å²) in [6.45, 7) is 1.17. The number of para-hydroxylation sites is 1. The van der Waals surface area contributed by atoms with Gasteiger partial charge in [-0.05, 0) is 25.0 Å². The first kappa shape index (κ1) is 28.8. The van der Waals surface area contributed by atoms with Crippen LogP contribution in [0.5, 0.6) is 0 Å². The maximum atomic E-state index is 13.2. The minimum absolute atomic E-state index is 0.0832. The van der Waals surface area contributed by atoms with Crippen molar-refractivity contribution in [3.8, 4) is 0 Å². The van der Waals surface area contributed by atoms with Crippen LogP contribution in [-0.2, 0) is 35.2 Å². The number of carboxylic acids is 3. The molecule has 0 aliphatic heterocycles. The molecule has 0 radical (unpaired) electrons. The van der Waals surface area contributed by atoms with Gasteiger partial charge >= 0.3 is 17.9 Å². The van der Waals surface area contributed by atoms with E-state index in [0.717, 1.165) is 10.9 Å². The number of hydrogen-bond acceptors (Lipinski definition) is 7. The number of benzene rings is 1. The van der Waals surface area contributed by atoms with Gasteiger partial charge in [0, 0.05) is 29.9 Å². The normalized spacial score (nSPS) is 14.1. The summed E-state index contributed by atoms with van der Waals surface area (Å²) < 4.78 is 0. The van der Waals surface area contributed by atoms with Gasteiger partial charge in [-0.15, -0.1) is 0 Å². The van der Waals surface area contributed by atoms with Crippen LogP contribution in [0.1, 0.15) is 31.7 Å². The number of aliphatic carboxylic acids is 3. The van der Waals surface area contributed by atoms with Crippen LogP contribution in [0.3, 0.4) is 0 Å². The third-order valence-electron chi connectivity index (χ3n) is 5.48. The summed E-state index contributed by atoms with van der Waals surface area (Å²) in [7, 11) is 0. The van der Waals surface area contributed by atoms with Crippen molar-refractivity contribution in [1.82, 2.24) is 20.9 Å². The van der Waals surface area contributed by atoms with Crippen LogP contribution < -0.4 is 21.7 Å². The number of nitrogens with one attached hydrogen (secondary N) is 4. The molecule has 200 valence electrons. The van der Waals surface area contributed by atoms with Gasteiger partial charge in [0.1, 0.15) is 18.1 Å². The lowest BCUT2D eigenvalue weighted by atomic mass is 10.0. The Morgan fingerprint density at radius 1 is 0.892 bits per heavy atom. The van der Waals surface area contributed by atoms with Gasteiger partial charge in [0.2, 0.25) is 17.7 Å². The Labute approximate surface area is 210 Å². The van der Waals surface area contributed by atoms with Crippen LogP contribution in [0, 0.1) is 0 Å². The third-order valence-corrected chi connectivity index (χ3v) is 5.48. The summed E-state index contributed by atoms with van der Waals surface area (Å²) in [5.74, 6) is -6.74. The Hall–Kier alpha value is -4.46. The van der Waals surface area contributed by atoms with Gasteiger partial charge < -0.3 is 42.0 Å². The highest BCUT2D eigenvalue weighted by molar-refractivity contribution is 5.96. The molecule has 0 fully saturated rings. The second-order valence-electron chi connectivity index (χ2n) is 8.39. The number of fused-ring (bicyclic) bond motifs is 1. The Kier molecular flexibility index (Phi) is 10.1. The van der Waals surface area contributed by atoms with E-state index in [9.17, 15) is 33.9 Å². The topological polar surface area (TPSA) is 241 Å². The highest BCUT2D eigenvalue weighted by atomic mass is 16.4. The quantitative estimate of drug-likeness (QED) is 0.150. The highest BCUT2D eigenvalue weighted by Gasteiger charge is 2.31. The van der Waals surface area contributed by atoms with Crippen LogP contribution in [0.4, 0.5) is 0 Å². The van der Waals surface area contributed by atoms with E-state index in [2.05, 4.69) is 20.9 Å². The molecule has 2 aromatic rings. The molecular formula is C23H29N5O9. The monoisotopic (exact) mass is 519 g/mol. The first-order valence-electron chi connectivity index (χ1n) is 11.3. The fraction of sp³-hybridized carbons (Fsp3) is 0.391. The molecule has 0 bridgehead atoms. The maximum Gasteiger partial charge on any atom is 0.325 e. The molecule has 1 aromatic carbocycles. The van der Waals surface area contributed by atoms with Gasteiger partial charge in [-0.2, -0.15) is 0 Å². The second kappa shape index (κ2) is 13.0. The van der Waals surface area contributed by atoms with Gasteiger partial charge in [-0.1, -0.05) is 18.2 Å². The molecule has 4 atom stereocenters. The van der Waals surface area contributed by atoms with Crippen molar-refractivity contribution in [2.24, 2.45) is 5.73 Å². The van der Waals surface area contributed by atoms with Crippen molar-refractivity contribution in [2.45, 2.75) is 56.8 Å². The molecule has 0 spiro atoms. The number of rotatable bonds is 14. The van der Waals surface area contributed by atoms with Crippen LogP contribution in [0.15, 0.2) is 30.5 Å². The second-order valence-corrected chi connectivity index (χ2v) is 8.39. The zero-order valence-electron chi connectivity index (χ0n) is 19.9. The fourth-order valence-electron chi connectivity index (χ4n) is 3.45. The average Bonchev–Trinajstić information content (AvgIpc) is 3.23. The summed E-state index contributed by atoms with van der Waals surface area (Å²) in [5, 5.41) is 34.6. The van der Waals surface area contributed by atoms with Crippen LogP contribution in [0.25, 0.3) is 10.9 Å². The molecular weight excluding hydrogens is 490 g/mol. The number of hydrogen-bond donors (Lipinski definition) is 8. The number of amides is 3. The lowest BCUT2D eigenvalue weighted by Gasteiger charge is -2.24. The number of nitrogens with two attached hydrogens (primary N) is 1. The summed E-state index contributed by atoms with van der Waals surface area (Å²) in [6, 6.07) is 1.57. The van der Waals surface area contributed by atoms with Crippen LogP contribution in [0.2, 0.25) is 0 Å². The summed E-state index contributed by atoms with van der Waals surface area (Å²) in [6.07, 6.45) is 0.115. The van der Waals surface area contributed by atoms with Crippen LogP contribution in [-0.4, -0.2) is 80.1 Å². The van der Waals surface area contributed by atoms with Crippen molar-refractivity contribution in [2.75, 3.05) is 0 Å². The Bertz CT molecular complexity index is 1180. The van der Waals surface area contributed by atoms with Crippen LogP contribution >= 0.6 is 0 Å². The van der Waals surface area contributed by atoms with E-state index < -0.39 is 66.2 Å². The van der Waals surface area contributed by atoms with E-state index in [1.165, 1.54) is 6.92 Å². The van der Waals surface area contributed by atoms with Gasteiger partial charge in [0.25, 0.3) is 0 Å². The number of aromatic amines is 1. The minimum Gasteiger partial charge on any atom is -0.481 e. The first-order valence-corrected chi connectivity index (χ1v) is 11.3. The fourth-order valence-corrected chi connectivity index (χ4v) is 3.45. The zero-order chi connectivity index (χ0) is 27.7. The standard InChI is InChI=1S/C23H29N5O9/c1-11(23(36)37)26-21(34)17(9-19(31)32)28-22(35)16(27-20(33)14(24)6-7-18(29)30)8-12-10-25-15-5-3-2-4-13(12)15/h2-5,10-11,14,16-17,25H,6-9,24H2,1H3,(H,26,34)(H,27,33)(H,28,35)(H,29,30)(H,31,32)(H,36,37). The van der Waals surface area contributed by atoms with Gasteiger partial charge in [-0.25, -0.2) is 0 Å². The summed E-state index contributed by atoms with van der Waals surface area (Å²) in [4.78, 5) is 74.5. The smallest absolute Gasteiger partial charge is 0.325 e. The number of aromatic nitrogens is 1. The molecule has 1 aromatic heterocycles. The summed E-state index contributed by atoms with van der Waals surface area (Å²) >= 11 is 0. The van der Waals surface area contributed by atoms with Crippen molar-refractivity contribution >= 4 is 46.5 Å². The number of carboxylic acid groups (broad SMARTS) is 3. The van der Waals surface area contributed by atoms with E-state index in [4.69, 9.17) is 15.9 Å². The summed E-state index contributed by atoms with van der Waals surface area (Å²) in [5.41, 5.74) is 7.14. The van der Waals surface area contributed by atoms with E-state index in [1.54, 1.807) is 30.5 Å². The number of carbonyl (C=O) groups excluding carboxylic acids is 3. The van der Waals surface area contributed by atoms with E-state index in [0.29, 0.717) is 5.56 Å². The van der Waals surface area contributed by atoms with Gasteiger partial charge in [0.05, 0.1) is 12.5 Å². The van der Waals surface area contributed by atoms with E-state index in [-0.39, 0.29) is 19.3 Å². The van der Waals surface area contributed by atoms with Crippen molar-refractivity contribution < 1.29 is 44.1 Å². The number of carbonyl (C=O) groups is 6. The minimum atomic E-state index is -1.64. The van der Waals surface area contributed by atoms with Gasteiger partial charge in [-0.3, -0.25) is 28.8 Å². The van der Waals surface area contributed by atoms with Crippen molar-refractivity contribution in [3.63, 3.8) is 0 Å². The van der Waals surface area contributed by atoms with E-state index in [1.807, 2.05) is 0 Å². The largest absolute Gasteiger partial charge is 0.481 e. The molecule has 1 heterocycles. The molecule has 9 N–H and O–H groups in total. The molecule has 4 unspecified atom stereocenters. The molecule has 0 saturated heterocycles. The molecule has 14 nitrogen and oxygen atoms in total. The lowest BCUT2D eigenvalue weighted by Crippen LogP contribution is -2.57. The maximum absolute atomic E-state index is 13.2. The molecule has 3 amide bonds. The molecule has 37 heavy (non-hydrogen) atoms. The molecule has 14 heteroatoms. The van der Waals surface area contributed by atoms with Crippen molar-refractivity contribution in [3.05, 3.63) is 36.0 Å². The zero-order valence-corrected chi connectivity index (χ0v) is 19.9. The Morgan fingerprint density at radius 3 is 2.14 bits per heavy atom. The van der Waals surface area contributed by atoms with Crippen molar-refractivity contribution in [1.29, 1.82) is 0 Å². The Morgan fingerprint density at radius 2 is 1.51 bits per heavy atom. The predicted molar refractivity (Wildman–Crippen MR) is 128 cm³/mol. The molecule has 2 rings (SSSR count). The molecule has 0 aliphatic carbocycles. The Balaban J connectivity index is 2.28. The lowest BCUT2D eigenvalue weighted by molar-refractivity contribution is -0.143. The SMILES string of the molecule is CC(NC(=O)C(CC(=O)O)NC(=O)C(Cc1c[nH]c2ccccc12)NC(=O)C(N)CCC(=O)O)C(=O)O. The van der Waals surface area contributed by atoms with Gasteiger partial charge in [0.15, 0.2) is 0 Å². The predicted octanol–water partition coefficient (Wildman–Crippen LogP) is -1.06. The number of H-pyrrole nitrogens is 1. The molecule has 0 saturated carbocycles. The third kappa shape index (κ3) is 8.61. The highest BCUT2D eigenvalue weighted by Crippen LogP contribution is 2.19. The van der Waals surface area contributed by atoms with E-state index >= 15 is 0 Å². The average molecular weight is 520 g/mol. The first-order chi connectivity index (χ1) is 17.4. The molecule has 0 aliphatic rings.